The van der Waals surface area contributed by atoms with Crippen molar-refractivity contribution in [3.63, 3.8) is 0 Å². The number of aliphatic imine (C=N–C) groups is 1. The third kappa shape index (κ3) is 6.05. The van der Waals surface area contributed by atoms with Crippen molar-refractivity contribution in [3.05, 3.63) is 124 Å². The zero-order valence-electron chi connectivity index (χ0n) is 24.3. The van der Waals surface area contributed by atoms with E-state index in [-0.39, 0.29) is 27.5 Å². The van der Waals surface area contributed by atoms with Crippen molar-refractivity contribution >= 4 is 39.3 Å². The van der Waals surface area contributed by atoms with Gasteiger partial charge in [-0.15, -0.1) is 0 Å². The number of halogens is 1. The summed E-state index contributed by atoms with van der Waals surface area (Å²) in [6.07, 6.45) is 7.38. The maximum absolute atomic E-state index is 12.9. The Bertz CT molecular complexity index is 1820. The fourth-order valence-electron chi connectivity index (χ4n) is 5.83. The Morgan fingerprint density at radius 1 is 0.977 bits per heavy atom. The first kappa shape index (κ1) is 29.0. The SMILES string of the molecule is CCOc1cc(C=Nc2ccc([C@@H]3Nc4ccc(C)cc4[C@H]4C=CC[C@H]43)cc2)cc(Cl)c1OS(=O)(=O)c1ccc(C)cc1. The number of hydrogen-bond donors (Lipinski definition) is 1. The third-order valence-corrected chi connectivity index (χ3v) is 9.48. The molecular formula is C35H33ClN2O4S. The summed E-state index contributed by atoms with van der Waals surface area (Å²) in [7, 11) is -4.11. The molecule has 43 heavy (non-hydrogen) atoms. The average Bonchev–Trinajstić information content (AvgIpc) is 3.49. The molecule has 8 heteroatoms. The molecule has 3 atom stereocenters. The van der Waals surface area contributed by atoms with Gasteiger partial charge in [0.05, 0.1) is 23.4 Å². The fraction of sp³-hybridized carbons (Fsp3) is 0.229. The first-order chi connectivity index (χ1) is 20.7. The van der Waals surface area contributed by atoms with Crippen LogP contribution < -0.4 is 14.2 Å². The molecule has 0 spiro atoms. The highest BCUT2D eigenvalue weighted by Gasteiger charge is 2.37. The molecule has 1 N–H and O–H groups in total. The molecule has 1 heterocycles. The van der Waals surface area contributed by atoms with Crippen LogP contribution in [-0.2, 0) is 10.1 Å². The predicted molar refractivity (Wildman–Crippen MR) is 173 cm³/mol. The molecule has 0 amide bonds. The Morgan fingerprint density at radius 2 is 1.72 bits per heavy atom. The van der Waals surface area contributed by atoms with E-state index in [2.05, 4.69) is 59.7 Å². The van der Waals surface area contributed by atoms with Gasteiger partial charge in [-0.25, -0.2) is 0 Å². The normalized spacial score (nSPS) is 19.1. The number of allylic oxidation sites excluding steroid dienone is 2. The van der Waals surface area contributed by atoms with Gasteiger partial charge in [-0.05, 0) is 92.3 Å². The second kappa shape index (κ2) is 11.9. The molecule has 0 bridgehead atoms. The number of rotatable bonds is 8. The number of nitrogens with one attached hydrogen (secondary N) is 1. The van der Waals surface area contributed by atoms with Crippen molar-refractivity contribution in [2.75, 3.05) is 11.9 Å². The van der Waals surface area contributed by atoms with Gasteiger partial charge in [0.15, 0.2) is 5.75 Å². The van der Waals surface area contributed by atoms with Gasteiger partial charge in [0.2, 0.25) is 5.75 Å². The summed E-state index contributed by atoms with van der Waals surface area (Å²) >= 11 is 6.52. The van der Waals surface area contributed by atoms with E-state index in [1.807, 2.05) is 19.1 Å². The minimum absolute atomic E-state index is 0.0353. The van der Waals surface area contributed by atoms with Gasteiger partial charge < -0.3 is 14.2 Å². The van der Waals surface area contributed by atoms with Crippen LogP contribution in [0, 0.1) is 19.8 Å². The van der Waals surface area contributed by atoms with Crippen LogP contribution in [-0.4, -0.2) is 21.2 Å². The Kier molecular flexibility index (Phi) is 8.03. The molecule has 0 saturated heterocycles. The summed E-state index contributed by atoms with van der Waals surface area (Å²) in [5.74, 6) is 1.06. The number of nitrogens with zero attached hydrogens (tertiary/aromatic N) is 1. The second-order valence-electron chi connectivity index (χ2n) is 11.0. The Balaban J connectivity index is 1.21. The van der Waals surface area contributed by atoms with Crippen molar-refractivity contribution in [1.82, 2.24) is 0 Å². The maximum atomic E-state index is 12.9. The molecule has 0 saturated carbocycles. The quantitative estimate of drug-likeness (QED) is 0.122. The van der Waals surface area contributed by atoms with E-state index < -0.39 is 10.1 Å². The standard InChI is InChI=1S/C35H33ClN2O4S/c1-4-41-33-20-24(19-31(36)35(33)42-43(39,40)27-15-8-22(2)9-16-27)21-37-26-13-11-25(12-14-26)34-29-7-5-6-28(29)30-18-23(3)10-17-32(30)38-34/h5-6,8-21,28-29,34,38H,4,7H2,1-3H3/t28-,29+,34-/m0/s1. The maximum Gasteiger partial charge on any atom is 0.339 e. The Labute approximate surface area is 258 Å². The van der Waals surface area contributed by atoms with Crippen LogP contribution in [0.15, 0.2) is 101 Å². The van der Waals surface area contributed by atoms with E-state index in [0.717, 1.165) is 17.7 Å². The molecule has 0 radical (unpaired) electrons. The van der Waals surface area contributed by atoms with Gasteiger partial charge in [-0.3, -0.25) is 4.99 Å². The lowest BCUT2D eigenvalue weighted by Gasteiger charge is -2.37. The van der Waals surface area contributed by atoms with Crippen molar-refractivity contribution in [1.29, 1.82) is 0 Å². The van der Waals surface area contributed by atoms with Gasteiger partial charge in [-0.2, -0.15) is 8.42 Å². The lowest BCUT2D eigenvalue weighted by atomic mass is 9.76. The van der Waals surface area contributed by atoms with Crippen LogP contribution in [0.2, 0.25) is 5.02 Å². The number of benzene rings is 4. The fourth-order valence-corrected chi connectivity index (χ4v) is 7.09. The van der Waals surface area contributed by atoms with E-state index in [0.29, 0.717) is 24.0 Å². The molecule has 4 aromatic carbocycles. The number of fused-ring (bicyclic) bond motifs is 3. The molecule has 6 rings (SSSR count). The summed E-state index contributed by atoms with van der Waals surface area (Å²) in [5.41, 5.74) is 7.46. The van der Waals surface area contributed by atoms with Crippen LogP contribution in [0.4, 0.5) is 11.4 Å². The Hall–Kier alpha value is -4.07. The number of hydrogen-bond acceptors (Lipinski definition) is 6. The summed E-state index contributed by atoms with van der Waals surface area (Å²) in [5, 5.41) is 3.89. The van der Waals surface area contributed by atoms with E-state index in [4.69, 9.17) is 20.5 Å². The van der Waals surface area contributed by atoms with Crippen LogP contribution >= 0.6 is 11.6 Å². The molecule has 1 aliphatic heterocycles. The van der Waals surface area contributed by atoms with Crippen LogP contribution in [0.1, 0.15) is 53.1 Å². The molecule has 1 aliphatic carbocycles. The van der Waals surface area contributed by atoms with E-state index >= 15 is 0 Å². The van der Waals surface area contributed by atoms with Crippen molar-refractivity contribution in [3.8, 4) is 11.5 Å². The number of ether oxygens (including phenoxy) is 1. The first-order valence-electron chi connectivity index (χ1n) is 14.4. The van der Waals surface area contributed by atoms with E-state index in [9.17, 15) is 8.42 Å². The first-order valence-corrected chi connectivity index (χ1v) is 16.2. The lowest BCUT2D eigenvalue weighted by molar-refractivity contribution is 0.327. The monoisotopic (exact) mass is 612 g/mol. The van der Waals surface area contributed by atoms with Gasteiger partial charge in [-0.1, -0.05) is 71.3 Å². The van der Waals surface area contributed by atoms with E-state index in [1.165, 1.54) is 34.5 Å². The molecule has 0 unspecified atom stereocenters. The molecule has 220 valence electrons. The summed E-state index contributed by atoms with van der Waals surface area (Å²) in [6.45, 7) is 6.13. The Morgan fingerprint density at radius 3 is 2.47 bits per heavy atom. The third-order valence-electron chi connectivity index (χ3n) is 7.97. The van der Waals surface area contributed by atoms with E-state index in [1.54, 1.807) is 37.4 Å². The van der Waals surface area contributed by atoms with Crippen molar-refractivity contribution in [2.45, 2.75) is 44.0 Å². The minimum atomic E-state index is -4.11. The molecule has 6 nitrogen and oxygen atoms in total. The largest absolute Gasteiger partial charge is 0.490 e. The zero-order valence-corrected chi connectivity index (χ0v) is 25.8. The molecule has 0 fully saturated rings. The molecule has 4 aromatic rings. The highest BCUT2D eigenvalue weighted by molar-refractivity contribution is 7.87. The average molecular weight is 613 g/mol. The van der Waals surface area contributed by atoms with Crippen LogP contribution in [0.25, 0.3) is 0 Å². The van der Waals surface area contributed by atoms with Gasteiger partial charge >= 0.3 is 10.1 Å². The van der Waals surface area contributed by atoms with Crippen LogP contribution in [0.3, 0.4) is 0 Å². The summed E-state index contributed by atoms with van der Waals surface area (Å²) < 4.78 is 37.0. The van der Waals surface area contributed by atoms with Gasteiger partial charge in [0.25, 0.3) is 0 Å². The molecular weight excluding hydrogens is 580 g/mol. The zero-order chi connectivity index (χ0) is 30.1. The minimum Gasteiger partial charge on any atom is -0.490 e. The summed E-state index contributed by atoms with van der Waals surface area (Å²) in [6, 6.07) is 24.8. The van der Waals surface area contributed by atoms with Gasteiger partial charge in [0.1, 0.15) is 4.90 Å². The lowest BCUT2D eigenvalue weighted by Crippen LogP contribution is -2.29. The molecule has 0 aromatic heterocycles. The highest BCUT2D eigenvalue weighted by Crippen LogP contribution is 2.50. The number of anilines is 1. The number of aryl methyl sites for hydroxylation is 2. The van der Waals surface area contributed by atoms with Crippen LogP contribution in [0.5, 0.6) is 11.5 Å². The predicted octanol–water partition coefficient (Wildman–Crippen LogP) is 8.70. The highest BCUT2D eigenvalue weighted by atomic mass is 35.5. The van der Waals surface area contributed by atoms with Gasteiger partial charge in [0, 0.05) is 17.8 Å². The summed E-state index contributed by atoms with van der Waals surface area (Å²) in [4.78, 5) is 4.68. The molecule has 2 aliphatic rings. The van der Waals surface area contributed by atoms with Crippen molar-refractivity contribution < 1.29 is 17.3 Å². The van der Waals surface area contributed by atoms with Crippen molar-refractivity contribution in [2.24, 2.45) is 10.9 Å². The smallest absolute Gasteiger partial charge is 0.339 e. The second-order valence-corrected chi connectivity index (χ2v) is 13.0. The topological polar surface area (TPSA) is 77.0 Å².